The van der Waals surface area contributed by atoms with Crippen LogP contribution in [0, 0.1) is 0 Å². The van der Waals surface area contributed by atoms with Gasteiger partial charge in [0.1, 0.15) is 5.75 Å². The second-order valence-corrected chi connectivity index (χ2v) is 7.46. The lowest BCUT2D eigenvalue weighted by atomic mass is 10.0. The molecule has 3 aromatic carbocycles. The molecule has 4 rings (SSSR count). The lowest BCUT2D eigenvalue weighted by Gasteiger charge is -2.14. The maximum atomic E-state index is 12.9. The number of thiocarbonyl (C=S) groups is 1. The van der Waals surface area contributed by atoms with Gasteiger partial charge in [-0.3, -0.25) is 9.69 Å². The number of thioether (sulfide) groups is 1. The monoisotopic (exact) mass is 377 g/mol. The first-order valence-corrected chi connectivity index (χ1v) is 9.29. The van der Waals surface area contributed by atoms with E-state index in [1.54, 1.807) is 12.0 Å². The van der Waals surface area contributed by atoms with Gasteiger partial charge in [-0.05, 0) is 46.7 Å². The summed E-state index contributed by atoms with van der Waals surface area (Å²) in [4.78, 5) is 15.1. The van der Waals surface area contributed by atoms with Gasteiger partial charge in [0.15, 0.2) is 4.32 Å². The molecule has 0 aromatic heterocycles. The Labute approximate surface area is 161 Å². The highest BCUT2D eigenvalue weighted by atomic mass is 32.2. The molecule has 0 atom stereocenters. The Morgan fingerprint density at radius 2 is 1.73 bits per heavy atom. The maximum absolute atomic E-state index is 12.9. The van der Waals surface area contributed by atoms with Crippen LogP contribution in [0.25, 0.3) is 16.8 Å². The number of rotatable bonds is 3. The summed E-state index contributed by atoms with van der Waals surface area (Å²) in [5.41, 5.74) is 1.76. The number of hydrogen-bond donors (Lipinski definition) is 0. The minimum absolute atomic E-state index is 0.0990. The van der Waals surface area contributed by atoms with Crippen LogP contribution in [0.1, 0.15) is 5.56 Å². The molecule has 1 fully saturated rings. The van der Waals surface area contributed by atoms with Crippen LogP contribution in [0.3, 0.4) is 0 Å². The number of anilines is 1. The van der Waals surface area contributed by atoms with Crippen molar-refractivity contribution in [3.63, 3.8) is 0 Å². The highest BCUT2D eigenvalue weighted by molar-refractivity contribution is 8.27. The minimum Gasteiger partial charge on any atom is -0.497 e. The standard InChI is InChI=1S/C21H15NO2S2/c1-24-17-11-9-16(10-12-17)22-20(23)19(26-21(22)25)13-15-7-4-6-14-5-2-3-8-18(14)15/h2-13H,1H3. The van der Waals surface area contributed by atoms with Gasteiger partial charge in [-0.25, -0.2) is 0 Å². The van der Waals surface area contributed by atoms with Gasteiger partial charge in [0, 0.05) is 0 Å². The molecule has 0 N–H and O–H groups in total. The fourth-order valence-corrected chi connectivity index (χ4v) is 4.23. The quantitative estimate of drug-likeness (QED) is 0.460. The van der Waals surface area contributed by atoms with Gasteiger partial charge in [0.2, 0.25) is 0 Å². The van der Waals surface area contributed by atoms with E-state index in [1.807, 2.05) is 54.6 Å². The summed E-state index contributed by atoms with van der Waals surface area (Å²) in [5.74, 6) is 0.642. The number of ether oxygens (including phenoxy) is 1. The molecule has 0 spiro atoms. The molecule has 1 saturated heterocycles. The van der Waals surface area contributed by atoms with E-state index in [0.29, 0.717) is 9.23 Å². The first-order valence-electron chi connectivity index (χ1n) is 8.07. The lowest BCUT2D eigenvalue weighted by molar-refractivity contribution is -0.113. The molecule has 1 heterocycles. The zero-order valence-electron chi connectivity index (χ0n) is 14.0. The van der Waals surface area contributed by atoms with Crippen LogP contribution in [0.2, 0.25) is 0 Å². The molecular weight excluding hydrogens is 362 g/mol. The molecule has 0 bridgehead atoms. The summed E-state index contributed by atoms with van der Waals surface area (Å²) in [6.07, 6.45) is 1.92. The fraction of sp³-hybridized carbons (Fsp3) is 0.0476. The summed E-state index contributed by atoms with van der Waals surface area (Å²) in [6.45, 7) is 0. The number of hydrogen-bond acceptors (Lipinski definition) is 4. The third kappa shape index (κ3) is 3.00. The number of benzene rings is 3. The molecule has 0 saturated carbocycles. The first kappa shape index (κ1) is 16.8. The molecule has 3 aromatic rings. The Bertz CT molecular complexity index is 1040. The van der Waals surface area contributed by atoms with Crippen LogP contribution in [-0.2, 0) is 4.79 Å². The van der Waals surface area contributed by atoms with Crippen LogP contribution in [0.4, 0.5) is 5.69 Å². The van der Waals surface area contributed by atoms with E-state index in [4.69, 9.17) is 17.0 Å². The van der Waals surface area contributed by atoms with Crippen LogP contribution >= 0.6 is 24.0 Å². The third-order valence-electron chi connectivity index (χ3n) is 4.23. The summed E-state index contributed by atoms with van der Waals surface area (Å²) < 4.78 is 5.71. The largest absolute Gasteiger partial charge is 0.497 e. The van der Waals surface area contributed by atoms with Crippen LogP contribution < -0.4 is 9.64 Å². The molecule has 26 heavy (non-hydrogen) atoms. The van der Waals surface area contributed by atoms with Gasteiger partial charge in [-0.15, -0.1) is 0 Å². The Balaban J connectivity index is 1.71. The summed E-state index contributed by atoms with van der Waals surface area (Å²) in [7, 11) is 1.61. The molecular formula is C21H15NO2S2. The van der Waals surface area contributed by atoms with Gasteiger partial charge >= 0.3 is 0 Å². The zero-order chi connectivity index (χ0) is 18.1. The summed E-state index contributed by atoms with van der Waals surface area (Å²) >= 11 is 6.77. The number of nitrogens with zero attached hydrogens (tertiary/aromatic N) is 1. The molecule has 3 nitrogen and oxygen atoms in total. The lowest BCUT2D eigenvalue weighted by Crippen LogP contribution is -2.27. The number of carbonyl (C=O) groups is 1. The normalized spacial score (nSPS) is 15.9. The molecule has 0 aliphatic carbocycles. The average molecular weight is 377 g/mol. The number of amides is 1. The van der Waals surface area contributed by atoms with Gasteiger partial charge in [0.05, 0.1) is 17.7 Å². The van der Waals surface area contributed by atoms with E-state index < -0.39 is 0 Å². The zero-order valence-corrected chi connectivity index (χ0v) is 15.6. The van der Waals surface area contributed by atoms with E-state index in [2.05, 4.69) is 18.2 Å². The number of carbonyl (C=O) groups excluding carboxylic acids is 1. The third-order valence-corrected chi connectivity index (χ3v) is 5.54. The Morgan fingerprint density at radius 3 is 2.50 bits per heavy atom. The van der Waals surface area contributed by atoms with Crippen molar-refractivity contribution >= 4 is 56.7 Å². The molecule has 1 amide bonds. The van der Waals surface area contributed by atoms with E-state index in [9.17, 15) is 4.79 Å². The number of fused-ring (bicyclic) bond motifs is 1. The van der Waals surface area contributed by atoms with Crippen molar-refractivity contribution in [3.05, 3.63) is 77.2 Å². The average Bonchev–Trinajstić information content (AvgIpc) is 2.95. The van der Waals surface area contributed by atoms with Gasteiger partial charge < -0.3 is 4.74 Å². The van der Waals surface area contributed by atoms with E-state index in [0.717, 1.165) is 27.8 Å². The predicted octanol–water partition coefficient (Wildman–Crippen LogP) is 5.25. The molecule has 128 valence electrons. The Kier molecular flexibility index (Phi) is 4.49. The highest BCUT2D eigenvalue weighted by Gasteiger charge is 2.33. The second kappa shape index (κ2) is 6.94. The number of methoxy groups -OCH3 is 1. The Hall–Kier alpha value is -2.63. The molecule has 1 aliphatic rings. The van der Waals surface area contributed by atoms with Gasteiger partial charge in [-0.1, -0.05) is 66.4 Å². The maximum Gasteiger partial charge on any atom is 0.270 e. The van der Waals surface area contributed by atoms with E-state index >= 15 is 0 Å². The summed E-state index contributed by atoms with van der Waals surface area (Å²) in [5, 5.41) is 2.26. The molecule has 0 unspecified atom stereocenters. The van der Waals surface area contributed by atoms with Crippen molar-refractivity contribution in [2.45, 2.75) is 0 Å². The van der Waals surface area contributed by atoms with Crippen molar-refractivity contribution < 1.29 is 9.53 Å². The van der Waals surface area contributed by atoms with Crippen LogP contribution in [-0.4, -0.2) is 17.3 Å². The predicted molar refractivity (Wildman–Crippen MR) is 113 cm³/mol. The van der Waals surface area contributed by atoms with Crippen molar-refractivity contribution in [2.75, 3.05) is 12.0 Å². The fourth-order valence-electron chi connectivity index (χ4n) is 2.94. The van der Waals surface area contributed by atoms with Crippen molar-refractivity contribution in [2.24, 2.45) is 0 Å². The van der Waals surface area contributed by atoms with Gasteiger partial charge in [-0.2, -0.15) is 0 Å². The molecule has 1 aliphatic heterocycles. The smallest absolute Gasteiger partial charge is 0.270 e. The Morgan fingerprint density at radius 1 is 1.00 bits per heavy atom. The molecule has 0 radical (unpaired) electrons. The SMILES string of the molecule is COc1ccc(N2C(=O)C(=Cc3cccc4ccccc34)SC2=S)cc1. The van der Waals surface area contributed by atoms with Gasteiger partial charge in [0.25, 0.3) is 5.91 Å². The minimum atomic E-state index is -0.0990. The van der Waals surface area contributed by atoms with E-state index in [-0.39, 0.29) is 5.91 Å². The van der Waals surface area contributed by atoms with Crippen LogP contribution in [0.15, 0.2) is 71.6 Å². The van der Waals surface area contributed by atoms with Crippen molar-refractivity contribution in [3.8, 4) is 5.75 Å². The second-order valence-electron chi connectivity index (χ2n) is 5.78. The summed E-state index contributed by atoms with van der Waals surface area (Å²) in [6, 6.07) is 21.5. The van der Waals surface area contributed by atoms with Crippen LogP contribution in [0.5, 0.6) is 5.75 Å². The first-order chi connectivity index (χ1) is 12.7. The highest BCUT2D eigenvalue weighted by Crippen LogP contribution is 2.37. The van der Waals surface area contributed by atoms with Crippen molar-refractivity contribution in [1.82, 2.24) is 0 Å². The van der Waals surface area contributed by atoms with E-state index in [1.165, 1.54) is 11.8 Å². The van der Waals surface area contributed by atoms with Crippen molar-refractivity contribution in [1.29, 1.82) is 0 Å². The topological polar surface area (TPSA) is 29.5 Å². The molecule has 5 heteroatoms.